The van der Waals surface area contributed by atoms with Gasteiger partial charge < -0.3 is 19.1 Å². The molecular formula is C22H30BrN3O5Si. The highest BCUT2D eigenvalue weighted by Crippen LogP contribution is 2.32. The molecule has 0 aliphatic heterocycles. The quantitative estimate of drug-likeness (QED) is 0.227. The van der Waals surface area contributed by atoms with Crippen molar-refractivity contribution < 1.29 is 24.2 Å². The molecule has 32 heavy (non-hydrogen) atoms. The molecule has 2 N–H and O–H groups in total. The largest absolute Gasteiger partial charge is 0.481 e. The van der Waals surface area contributed by atoms with Gasteiger partial charge in [0.15, 0.2) is 0 Å². The number of allylic oxidation sites excluding steroid dienone is 1. The molecule has 1 heterocycles. The van der Waals surface area contributed by atoms with E-state index in [1.54, 1.807) is 35.0 Å². The fourth-order valence-corrected chi connectivity index (χ4v) is 4.27. The SMILES string of the molecule is C=CCC(C(=O)O)c1nc(-c2ccc(NC(=O)OC)cc2Br)cn1COCC[Si](C)(C)C. The molecule has 0 fully saturated rings. The van der Waals surface area contributed by atoms with E-state index in [4.69, 9.17) is 4.74 Å². The summed E-state index contributed by atoms with van der Waals surface area (Å²) in [6, 6.07) is 6.26. The fourth-order valence-electron chi connectivity index (χ4n) is 2.94. The number of carbonyl (C=O) groups excluding carboxylic acids is 1. The van der Waals surface area contributed by atoms with E-state index in [1.807, 2.05) is 0 Å². The van der Waals surface area contributed by atoms with Crippen LogP contribution in [-0.4, -0.2) is 48.5 Å². The summed E-state index contributed by atoms with van der Waals surface area (Å²) in [4.78, 5) is 28.0. The molecule has 1 aromatic carbocycles. The van der Waals surface area contributed by atoms with Gasteiger partial charge in [0.05, 0.1) is 12.8 Å². The van der Waals surface area contributed by atoms with Crippen LogP contribution >= 0.6 is 15.9 Å². The van der Waals surface area contributed by atoms with Crippen molar-refractivity contribution >= 4 is 41.8 Å². The zero-order valence-electron chi connectivity index (χ0n) is 18.9. The van der Waals surface area contributed by atoms with E-state index >= 15 is 0 Å². The molecule has 1 unspecified atom stereocenters. The minimum atomic E-state index is -1.24. The molecule has 0 aliphatic carbocycles. The van der Waals surface area contributed by atoms with Crippen LogP contribution in [0.2, 0.25) is 25.7 Å². The summed E-state index contributed by atoms with van der Waals surface area (Å²) in [5, 5.41) is 12.3. The van der Waals surface area contributed by atoms with E-state index in [0.717, 1.165) is 11.6 Å². The van der Waals surface area contributed by atoms with E-state index < -0.39 is 26.1 Å². The first-order chi connectivity index (χ1) is 15.1. The lowest BCUT2D eigenvalue weighted by molar-refractivity contribution is -0.139. The number of hydrogen-bond donors (Lipinski definition) is 2. The Hall–Kier alpha value is -2.43. The normalized spacial score (nSPS) is 12.3. The predicted octanol–water partition coefficient (Wildman–Crippen LogP) is 5.55. The molecule has 8 nitrogen and oxygen atoms in total. The monoisotopic (exact) mass is 523 g/mol. The number of nitrogens with zero attached hydrogens (tertiary/aromatic N) is 2. The Morgan fingerprint density at radius 2 is 2.09 bits per heavy atom. The average molecular weight is 524 g/mol. The van der Waals surface area contributed by atoms with Crippen molar-refractivity contribution in [1.29, 1.82) is 0 Å². The molecule has 0 aliphatic rings. The smallest absolute Gasteiger partial charge is 0.411 e. The summed E-state index contributed by atoms with van der Waals surface area (Å²) in [6.45, 7) is 11.3. The number of carbonyl (C=O) groups is 2. The molecule has 0 bridgehead atoms. The van der Waals surface area contributed by atoms with Crippen LogP contribution in [0.25, 0.3) is 11.3 Å². The van der Waals surface area contributed by atoms with Crippen LogP contribution in [0.3, 0.4) is 0 Å². The van der Waals surface area contributed by atoms with Gasteiger partial charge in [-0.2, -0.15) is 0 Å². The number of hydrogen-bond acceptors (Lipinski definition) is 5. The number of carboxylic acid groups (broad SMARTS) is 1. The molecule has 0 spiro atoms. The summed E-state index contributed by atoms with van der Waals surface area (Å²) in [6.07, 6.45) is 3.05. The second-order valence-electron chi connectivity index (χ2n) is 8.53. The maximum atomic E-state index is 11.9. The third-order valence-electron chi connectivity index (χ3n) is 4.72. The van der Waals surface area contributed by atoms with Crippen LogP contribution in [0.15, 0.2) is 41.5 Å². The maximum absolute atomic E-state index is 11.9. The molecule has 174 valence electrons. The number of halogens is 1. The molecule has 1 amide bonds. The standard InChI is InChI=1S/C22H30BrN3O5Si/c1-6-7-17(21(27)28)20-25-19(13-26(20)14-31-10-11-32(3,4)5)16-9-8-15(12-18(16)23)24-22(29)30-2/h6,8-9,12-13,17H,1,7,10-11,14H2,2-5H3,(H,24,29)(H,27,28). The molecule has 2 rings (SSSR count). The number of nitrogens with one attached hydrogen (secondary N) is 1. The molecule has 1 aromatic heterocycles. The Morgan fingerprint density at radius 1 is 1.38 bits per heavy atom. The highest BCUT2D eigenvalue weighted by Gasteiger charge is 2.26. The Balaban J connectivity index is 2.36. The molecule has 10 heteroatoms. The predicted molar refractivity (Wildman–Crippen MR) is 131 cm³/mol. The van der Waals surface area contributed by atoms with Crippen molar-refractivity contribution in [3.63, 3.8) is 0 Å². The second kappa shape index (κ2) is 11.4. The van der Waals surface area contributed by atoms with E-state index in [9.17, 15) is 14.7 Å². The van der Waals surface area contributed by atoms with Crippen LogP contribution in [-0.2, 0) is 21.0 Å². The number of ether oxygens (including phenoxy) is 2. The first kappa shape index (κ1) is 25.8. The van der Waals surface area contributed by atoms with Gasteiger partial charge in [0.2, 0.25) is 0 Å². The number of amides is 1. The van der Waals surface area contributed by atoms with Crippen molar-refractivity contribution in [2.45, 2.75) is 44.8 Å². The Labute approximate surface area is 197 Å². The summed E-state index contributed by atoms with van der Waals surface area (Å²) in [7, 11) is 0.0538. The maximum Gasteiger partial charge on any atom is 0.411 e. The van der Waals surface area contributed by atoms with Gasteiger partial charge >= 0.3 is 12.1 Å². The Bertz CT molecular complexity index is 971. The van der Waals surface area contributed by atoms with E-state index in [0.29, 0.717) is 28.3 Å². The Kier molecular flexibility index (Phi) is 9.23. The van der Waals surface area contributed by atoms with Crippen LogP contribution in [0.4, 0.5) is 10.5 Å². The van der Waals surface area contributed by atoms with Crippen molar-refractivity contribution in [1.82, 2.24) is 9.55 Å². The molecular weight excluding hydrogens is 494 g/mol. The summed E-state index contributed by atoms with van der Waals surface area (Å²) >= 11 is 3.51. The summed E-state index contributed by atoms with van der Waals surface area (Å²) in [5.74, 6) is -1.40. The number of methoxy groups -OCH3 is 1. The highest BCUT2D eigenvalue weighted by molar-refractivity contribution is 9.10. The number of benzene rings is 1. The number of carboxylic acids is 1. The first-order valence-corrected chi connectivity index (χ1v) is 14.7. The van der Waals surface area contributed by atoms with Crippen molar-refractivity contribution in [2.75, 3.05) is 19.0 Å². The highest BCUT2D eigenvalue weighted by atomic mass is 79.9. The Morgan fingerprint density at radius 3 is 2.66 bits per heavy atom. The van der Waals surface area contributed by atoms with Crippen LogP contribution in [0, 0.1) is 0 Å². The van der Waals surface area contributed by atoms with E-state index in [-0.39, 0.29) is 13.2 Å². The summed E-state index contributed by atoms with van der Waals surface area (Å²) in [5.41, 5.74) is 1.91. The minimum Gasteiger partial charge on any atom is -0.481 e. The number of aromatic nitrogens is 2. The lowest BCUT2D eigenvalue weighted by Gasteiger charge is -2.17. The summed E-state index contributed by atoms with van der Waals surface area (Å²) < 4.78 is 12.9. The van der Waals surface area contributed by atoms with Gasteiger partial charge in [0.25, 0.3) is 0 Å². The number of rotatable bonds is 11. The average Bonchev–Trinajstić information content (AvgIpc) is 3.11. The van der Waals surface area contributed by atoms with Gasteiger partial charge in [-0.1, -0.05) is 41.6 Å². The topological polar surface area (TPSA) is 103 Å². The van der Waals surface area contributed by atoms with E-state index in [2.05, 4.69) is 57.2 Å². The van der Waals surface area contributed by atoms with Crippen LogP contribution < -0.4 is 5.32 Å². The van der Waals surface area contributed by atoms with Crippen molar-refractivity contribution in [3.05, 3.63) is 47.3 Å². The third kappa shape index (κ3) is 7.32. The van der Waals surface area contributed by atoms with Gasteiger partial charge in [-0.3, -0.25) is 10.1 Å². The molecule has 2 aromatic rings. The number of anilines is 1. The number of aliphatic carboxylic acids is 1. The van der Waals surface area contributed by atoms with Crippen LogP contribution in [0.1, 0.15) is 18.2 Å². The molecule has 1 atom stereocenters. The van der Waals surface area contributed by atoms with Gasteiger partial charge in [0.1, 0.15) is 18.5 Å². The van der Waals surface area contributed by atoms with Gasteiger partial charge in [-0.15, -0.1) is 6.58 Å². The minimum absolute atomic E-state index is 0.216. The zero-order valence-corrected chi connectivity index (χ0v) is 21.4. The van der Waals surface area contributed by atoms with Gasteiger partial charge in [-0.25, -0.2) is 9.78 Å². The lowest BCUT2D eigenvalue weighted by atomic mass is 10.1. The zero-order chi connectivity index (χ0) is 23.9. The van der Waals surface area contributed by atoms with Gasteiger partial charge in [0, 0.05) is 36.6 Å². The molecule has 0 saturated carbocycles. The van der Waals surface area contributed by atoms with Crippen molar-refractivity contribution in [3.8, 4) is 11.3 Å². The molecule has 0 radical (unpaired) electrons. The molecule has 0 saturated heterocycles. The third-order valence-corrected chi connectivity index (χ3v) is 7.08. The first-order valence-electron chi connectivity index (χ1n) is 10.2. The number of imidazole rings is 1. The second-order valence-corrected chi connectivity index (χ2v) is 15.0. The fraction of sp³-hybridized carbons (Fsp3) is 0.409. The van der Waals surface area contributed by atoms with Crippen molar-refractivity contribution in [2.24, 2.45) is 0 Å². The van der Waals surface area contributed by atoms with Gasteiger partial charge in [-0.05, 0) is 30.7 Å². The van der Waals surface area contributed by atoms with Crippen LogP contribution in [0.5, 0.6) is 0 Å². The van der Waals surface area contributed by atoms with E-state index in [1.165, 1.54) is 7.11 Å². The lowest BCUT2D eigenvalue weighted by Crippen LogP contribution is -2.22.